The molecule has 0 radical (unpaired) electrons. The molecule has 0 bridgehead atoms. The lowest BCUT2D eigenvalue weighted by molar-refractivity contribution is 0.414. The van der Waals surface area contributed by atoms with Crippen LogP contribution in [0.1, 0.15) is 45.9 Å². The van der Waals surface area contributed by atoms with Crippen molar-refractivity contribution in [1.82, 2.24) is 14.9 Å². The molecule has 178 valence electrons. The van der Waals surface area contributed by atoms with E-state index in [0.717, 1.165) is 22.8 Å². The molecule has 1 aliphatic rings. The second kappa shape index (κ2) is 9.19. The highest BCUT2D eigenvalue weighted by Gasteiger charge is 2.42. The van der Waals surface area contributed by atoms with Crippen molar-refractivity contribution >= 4 is 23.0 Å². The zero-order valence-corrected chi connectivity index (χ0v) is 21.6. The van der Waals surface area contributed by atoms with Gasteiger partial charge in [-0.25, -0.2) is 0 Å². The average molecular weight is 483 g/mol. The normalized spacial score (nSPS) is 17.5. The Hall–Kier alpha value is -3.64. The molecule has 5 rings (SSSR count). The Bertz CT molecular complexity index is 1380. The lowest BCUT2D eigenvalue weighted by atomic mass is 9.96. The Balaban J connectivity index is 1.66. The summed E-state index contributed by atoms with van der Waals surface area (Å²) < 4.78 is 7.66. The van der Waals surface area contributed by atoms with Crippen LogP contribution in [0.25, 0.3) is 5.69 Å². The molecule has 2 atom stereocenters. The van der Waals surface area contributed by atoms with Gasteiger partial charge in [0.2, 0.25) is 0 Å². The third kappa shape index (κ3) is 4.08. The van der Waals surface area contributed by atoms with E-state index >= 15 is 0 Å². The topological polar surface area (TPSA) is 42.3 Å². The van der Waals surface area contributed by atoms with E-state index in [4.69, 9.17) is 21.9 Å². The summed E-state index contributed by atoms with van der Waals surface area (Å²) >= 11 is 5.92. The number of nitrogens with one attached hydrogen (secondary N) is 1. The molecule has 2 aromatic heterocycles. The van der Waals surface area contributed by atoms with Crippen molar-refractivity contribution in [2.24, 2.45) is 0 Å². The number of pyridine rings is 1. The van der Waals surface area contributed by atoms with E-state index in [1.807, 2.05) is 30.5 Å². The fourth-order valence-electron chi connectivity index (χ4n) is 5.04. The number of ether oxygens (including phenoxy) is 1. The molecule has 0 aliphatic carbocycles. The van der Waals surface area contributed by atoms with Crippen LogP contribution in [0.2, 0.25) is 0 Å². The number of nitrogens with zero attached hydrogens (tertiary/aromatic N) is 3. The number of aryl methyl sites for hydroxylation is 3. The van der Waals surface area contributed by atoms with Gasteiger partial charge in [-0.3, -0.25) is 4.98 Å². The lowest BCUT2D eigenvalue weighted by Crippen LogP contribution is -2.29. The van der Waals surface area contributed by atoms with Gasteiger partial charge in [-0.1, -0.05) is 12.1 Å². The molecule has 0 spiro atoms. The summed E-state index contributed by atoms with van der Waals surface area (Å²) in [5, 5.41) is 4.29. The predicted molar refractivity (Wildman–Crippen MR) is 146 cm³/mol. The zero-order chi connectivity index (χ0) is 24.7. The number of hydrogen-bond donors (Lipinski definition) is 1. The van der Waals surface area contributed by atoms with Crippen LogP contribution in [0, 0.1) is 27.7 Å². The van der Waals surface area contributed by atoms with Gasteiger partial charge < -0.3 is 19.5 Å². The van der Waals surface area contributed by atoms with E-state index in [-0.39, 0.29) is 12.1 Å². The molecule has 2 aromatic carbocycles. The van der Waals surface area contributed by atoms with Gasteiger partial charge in [-0.15, -0.1) is 0 Å². The molecule has 1 aliphatic heterocycles. The summed E-state index contributed by atoms with van der Waals surface area (Å²) in [6, 6.07) is 22.9. The smallest absolute Gasteiger partial charge is 0.174 e. The summed E-state index contributed by atoms with van der Waals surface area (Å²) in [6.45, 7) is 8.61. The van der Waals surface area contributed by atoms with Gasteiger partial charge in [0.25, 0.3) is 0 Å². The summed E-state index contributed by atoms with van der Waals surface area (Å²) in [5.74, 6) is 0.845. The quantitative estimate of drug-likeness (QED) is 0.339. The van der Waals surface area contributed by atoms with Gasteiger partial charge in [0, 0.05) is 29.0 Å². The van der Waals surface area contributed by atoms with Crippen molar-refractivity contribution in [3.63, 3.8) is 0 Å². The highest BCUT2D eigenvalue weighted by Crippen LogP contribution is 2.44. The van der Waals surface area contributed by atoms with Crippen molar-refractivity contribution < 1.29 is 4.74 Å². The standard InChI is InChI=1S/C29H30N4OS/c1-18-9-10-23(16-19(18)2)33-28(27(31-29(33)35)26-8-6-7-15-30-26)25-17-20(3)32(21(25)4)22-11-13-24(34-5)14-12-22/h6-17,27-28H,1-5H3,(H,31,35)/t27-,28+/m0/s1. The zero-order valence-electron chi connectivity index (χ0n) is 20.7. The van der Waals surface area contributed by atoms with Gasteiger partial charge in [0.15, 0.2) is 5.11 Å². The molecule has 0 unspecified atom stereocenters. The Morgan fingerprint density at radius 1 is 0.886 bits per heavy atom. The van der Waals surface area contributed by atoms with Gasteiger partial charge >= 0.3 is 0 Å². The van der Waals surface area contributed by atoms with Crippen molar-refractivity contribution in [3.05, 3.63) is 107 Å². The highest BCUT2D eigenvalue weighted by atomic mass is 32.1. The molecule has 35 heavy (non-hydrogen) atoms. The molecule has 0 saturated carbocycles. The van der Waals surface area contributed by atoms with Crippen LogP contribution in [0.3, 0.4) is 0 Å². The van der Waals surface area contributed by atoms with Crippen LogP contribution in [0.5, 0.6) is 5.75 Å². The first-order chi connectivity index (χ1) is 16.9. The Kier molecular flexibility index (Phi) is 6.07. The maximum Gasteiger partial charge on any atom is 0.174 e. The minimum absolute atomic E-state index is 0.0438. The Labute approximate surface area is 212 Å². The van der Waals surface area contributed by atoms with Crippen molar-refractivity contribution in [2.75, 3.05) is 12.0 Å². The molecule has 3 heterocycles. The minimum Gasteiger partial charge on any atom is -0.497 e. The first-order valence-corrected chi connectivity index (χ1v) is 12.2. The van der Waals surface area contributed by atoms with Crippen LogP contribution in [0.4, 0.5) is 5.69 Å². The number of hydrogen-bond acceptors (Lipinski definition) is 3. The maximum atomic E-state index is 5.92. The van der Waals surface area contributed by atoms with Crippen LogP contribution in [-0.2, 0) is 0 Å². The number of thiocarbonyl (C=S) groups is 1. The Morgan fingerprint density at radius 2 is 1.63 bits per heavy atom. The summed E-state index contributed by atoms with van der Waals surface area (Å²) in [7, 11) is 1.69. The summed E-state index contributed by atoms with van der Waals surface area (Å²) in [4.78, 5) is 6.95. The van der Waals surface area contributed by atoms with E-state index in [1.54, 1.807) is 7.11 Å². The van der Waals surface area contributed by atoms with Gasteiger partial charge in [-0.05, 0) is 111 Å². The lowest BCUT2D eigenvalue weighted by Gasteiger charge is -2.28. The molecule has 0 amide bonds. The number of anilines is 1. The third-order valence-electron chi connectivity index (χ3n) is 6.99. The van der Waals surface area contributed by atoms with Gasteiger partial charge in [-0.2, -0.15) is 0 Å². The van der Waals surface area contributed by atoms with E-state index in [1.165, 1.54) is 28.1 Å². The van der Waals surface area contributed by atoms with E-state index in [2.05, 4.69) is 84.9 Å². The number of aromatic nitrogens is 2. The predicted octanol–water partition coefficient (Wildman–Crippen LogP) is 6.29. The second-order valence-electron chi connectivity index (χ2n) is 9.13. The molecule has 6 heteroatoms. The maximum absolute atomic E-state index is 5.92. The third-order valence-corrected chi connectivity index (χ3v) is 7.30. The minimum atomic E-state index is -0.0740. The van der Waals surface area contributed by atoms with Crippen molar-refractivity contribution in [1.29, 1.82) is 0 Å². The SMILES string of the molecule is COc1ccc(-n2c(C)cc([C@@H]3[C@H](c4ccccn4)NC(=S)N3c3ccc(C)c(C)c3)c2C)cc1. The number of rotatable bonds is 5. The fraction of sp³-hybridized carbons (Fsp3) is 0.241. The molecular weight excluding hydrogens is 452 g/mol. The van der Waals surface area contributed by atoms with Crippen LogP contribution < -0.4 is 15.0 Å². The van der Waals surface area contributed by atoms with E-state index in [0.29, 0.717) is 5.11 Å². The molecule has 1 fully saturated rings. The fourth-order valence-corrected chi connectivity index (χ4v) is 5.39. The van der Waals surface area contributed by atoms with Gasteiger partial charge in [0.05, 0.1) is 24.9 Å². The molecular formula is C29H30N4OS. The van der Waals surface area contributed by atoms with E-state index < -0.39 is 0 Å². The molecule has 5 nitrogen and oxygen atoms in total. The molecule has 1 saturated heterocycles. The van der Waals surface area contributed by atoms with Gasteiger partial charge in [0.1, 0.15) is 5.75 Å². The number of methoxy groups -OCH3 is 1. The molecule has 4 aromatic rings. The first-order valence-electron chi connectivity index (χ1n) is 11.8. The monoisotopic (exact) mass is 482 g/mol. The van der Waals surface area contributed by atoms with Crippen molar-refractivity contribution in [3.8, 4) is 11.4 Å². The van der Waals surface area contributed by atoms with Crippen LogP contribution >= 0.6 is 12.2 Å². The van der Waals surface area contributed by atoms with Crippen molar-refractivity contribution in [2.45, 2.75) is 39.8 Å². The summed E-state index contributed by atoms with van der Waals surface area (Å²) in [6.07, 6.45) is 1.84. The second-order valence-corrected chi connectivity index (χ2v) is 9.51. The summed E-state index contributed by atoms with van der Waals surface area (Å²) in [5.41, 5.74) is 9.24. The largest absolute Gasteiger partial charge is 0.497 e. The average Bonchev–Trinajstić information content (AvgIpc) is 3.36. The Morgan fingerprint density at radius 3 is 2.29 bits per heavy atom. The van der Waals surface area contributed by atoms with Crippen LogP contribution in [0.15, 0.2) is 72.9 Å². The molecule has 1 N–H and O–H groups in total. The first kappa shape index (κ1) is 23.1. The van der Waals surface area contributed by atoms with Crippen LogP contribution in [-0.4, -0.2) is 21.8 Å². The van der Waals surface area contributed by atoms with E-state index in [9.17, 15) is 0 Å². The highest BCUT2D eigenvalue weighted by molar-refractivity contribution is 7.80. The number of benzene rings is 2.